The number of carbonyl (C=O) groups is 1. The highest BCUT2D eigenvalue weighted by molar-refractivity contribution is 5.93. The van der Waals surface area contributed by atoms with Gasteiger partial charge >= 0.3 is 6.03 Å². The summed E-state index contributed by atoms with van der Waals surface area (Å²) < 4.78 is 21.5. The average molecular weight is 397 g/mol. The molecule has 2 bridgehead atoms. The summed E-state index contributed by atoms with van der Waals surface area (Å²) in [5, 5.41) is 9.85. The fourth-order valence-electron chi connectivity index (χ4n) is 3.90. The Morgan fingerprint density at radius 3 is 3.14 bits per heavy atom. The summed E-state index contributed by atoms with van der Waals surface area (Å²) in [7, 11) is 0. The number of ether oxygens (including phenoxy) is 1. The second-order valence-corrected chi connectivity index (χ2v) is 7.32. The Balaban J connectivity index is 1.65. The van der Waals surface area contributed by atoms with Crippen molar-refractivity contribution in [1.82, 2.24) is 24.9 Å². The largest absolute Gasteiger partial charge is 0.475 e. The van der Waals surface area contributed by atoms with Gasteiger partial charge in [0.25, 0.3) is 0 Å². The van der Waals surface area contributed by atoms with Crippen molar-refractivity contribution in [3.63, 3.8) is 0 Å². The van der Waals surface area contributed by atoms with E-state index >= 15 is 0 Å². The zero-order valence-electron chi connectivity index (χ0n) is 15.8. The van der Waals surface area contributed by atoms with E-state index in [-0.39, 0.29) is 24.7 Å². The van der Waals surface area contributed by atoms with Crippen molar-refractivity contribution in [2.24, 2.45) is 0 Å². The molecule has 0 radical (unpaired) electrons. The summed E-state index contributed by atoms with van der Waals surface area (Å²) in [6.45, 7) is 2.80. The number of halogens is 1. The lowest BCUT2D eigenvalue weighted by Crippen LogP contribution is -2.39. The first-order chi connectivity index (χ1) is 14.1. The molecule has 5 rings (SSSR count). The number of pyridine rings is 1. The standard InChI is InChI=1S/C19H20FN7O2/c1-11-10-29-18-13(7-12(20)8-21-18)15-3-2-5-26(15)16-4-6-27-17(25-16)14(9-22-27)24-19(28)23-11/h4,6-9,11,15H,2-3,5,10H2,1H3,(H2,23,24,28)/t11-,15-/m1/s1. The van der Waals surface area contributed by atoms with Crippen LogP contribution in [-0.2, 0) is 0 Å². The van der Waals surface area contributed by atoms with E-state index in [1.165, 1.54) is 6.07 Å². The van der Waals surface area contributed by atoms with E-state index in [9.17, 15) is 9.18 Å². The number of fused-ring (bicyclic) bond motifs is 5. The number of hydrogen-bond donors (Lipinski definition) is 2. The van der Waals surface area contributed by atoms with E-state index in [1.807, 2.05) is 13.0 Å². The van der Waals surface area contributed by atoms with Crippen molar-refractivity contribution in [3.05, 3.63) is 42.1 Å². The molecule has 10 heteroatoms. The number of aromatic nitrogens is 4. The molecule has 0 spiro atoms. The Kier molecular flexibility index (Phi) is 4.18. The molecule has 29 heavy (non-hydrogen) atoms. The predicted molar refractivity (Wildman–Crippen MR) is 104 cm³/mol. The summed E-state index contributed by atoms with van der Waals surface area (Å²) in [6, 6.07) is 2.57. The lowest BCUT2D eigenvalue weighted by atomic mass is 10.1. The first-order valence-electron chi connectivity index (χ1n) is 9.55. The van der Waals surface area contributed by atoms with Crippen LogP contribution in [0.25, 0.3) is 5.65 Å². The van der Waals surface area contributed by atoms with Crippen LogP contribution in [0.5, 0.6) is 5.88 Å². The van der Waals surface area contributed by atoms with E-state index in [0.29, 0.717) is 22.8 Å². The zero-order chi connectivity index (χ0) is 20.0. The monoisotopic (exact) mass is 397 g/mol. The molecule has 3 aromatic rings. The maximum absolute atomic E-state index is 14.0. The smallest absolute Gasteiger partial charge is 0.319 e. The molecule has 2 atom stereocenters. The third-order valence-corrected chi connectivity index (χ3v) is 5.20. The summed E-state index contributed by atoms with van der Waals surface area (Å²) in [5.74, 6) is 0.692. The van der Waals surface area contributed by atoms with Gasteiger partial charge in [0.2, 0.25) is 5.88 Å². The molecular weight excluding hydrogens is 377 g/mol. The molecule has 0 saturated carbocycles. The topological polar surface area (TPSA) is 96.7 Å². The number of anilines is 2. The van der Waals surface area contributed by atoms with E-state index in [2.05, 4.69) is 25.6 Å². The number of carbonyl (C=O) groups excluding carboxylic acids is 1. The number of urea groups is 1. The average Bonchev–Trinajstić information content (AvgIpc) is 3.33. The third kappa shape index (κ3) is 3.20. The molecule has 0 aromatic carbocycles. The van der Waals surface area contributed by atoms with Crippen LogP contribution in [0.15, 0.2) is 30.7 Å². The van der Waals surface area contributed by atoms with Crippen molar-refractivity contribution < 1.29 is 13.9 Å². The number of hydrogen-bond acceptors (Lipinski definition) is 6. The third-order valence-electron chi connectivity index (χ3n) is 5.20. The maximum Gasteiger partial charge on any atom is 0.319 e. The molecule has 2 N–H and O–H groups in total. The van der Waals surface area contributed by atoms with Crippen LogP contribution >= 0.6 is 0 Å². The van der Waals surface area contributed by atoms with E-state index in [0.717, 1.165) is 31.4 Å². The van der Waals surface area contributed by atoms with Gasteiger partial charge in [-0.05, 0) is 31.9 Å². The van der Waals surface area contributed by atoms with E-state index in [4.69, 9.17) is 9.72 Å². The maximum atomic E-state index is 14.0. The molecule has 2 aliphatic rings. The van der Waals surface area contributed by atoms with Gasteiger partial charge in [-0.25, -0.2) is 23.7 Å². The summed E-state index contributed by atoms with van der Waals surface area (Å²) in [4.78, 5) is 23.4. The van der Waals surface area contributed by atoms with Crippen LogP contribution < -0.4 is 20.3 Å². The van der Waals surface area contributed by atoms with Crippen molar-refractivity contribution in [3.8, 4) is 5.88 Å². The van der Waals surface area contributed by atoms with Crippen molar-refractivity contribution in [1.29, 1.82) is 0 Å². The molecule has 1 fully saturated rings. The molecule has 5 heterocycles. The van der Waals surface area contributed by atoms with Gasteiger partial charge in [-0.1, -0.05) is 0 Å². The fourth-order valence-corrected chi connectivity index (χ4v) is 3.90. The Hall–Kier alpha value is -3.43. The summed E-state index contributed by atoms with van der Waals surface area (Å²) in [6.07, 6.45) is 6.29. The molecule has 1 saturated heterocycles. The number of amides is 2. The normalized spacial score (nSPS) is 21.7. The molecule has 2 amide bonds. The van der Waals surface area contributed by atoms with Crippen molar-refractivity contribution in [2.75, 3.05) is 23.4 Å². The van der Waals surface area contributed by atoms with Gasteiger partial charge in [-0.3, -0.25) is 0 Å². The quantitative estimate of drug-likeness (QED) is 0.605. The van der Waals surface area contributed by atoms with Crippen LogP contribution in [0.4, 0.5) is 20.7 Å². The van der Waals surface area contributed by atoms with Crippen LogP contribution in [0.1, 0.15) is 31.4 Å². The van der Waals surface area contributed by atoms with E-state index < -0.39 is 5.82 Å². The zero-order valence-corrected chi connectivity index (χ0v) is 15.8. The first kappa shape index (κ1) is 17.7. The Labute approximate surface area is 165 Å². The molecule has 0 aliphatic carbocycles. The lowest BCUT2D eigenvalue weighted by molar-refractivity contribution is 0.233. The second kappa shape index (κ2) is 6.87. The van der Waals surface area contributed by atoms with Gasteiger partial charge < -0.3 is 20.3 Å². The van der Waals surface area contributed by atoms with Gasteiger partial charge in [0, 0.05) is 18.3 Å². The molecule has 150 valence electrons. The predicted octanol–water partition coefficient (Wildman–Crippen LogP) is 2.51. The van der Waals surface area contributed by atoms with Gasteiger partial charge in [0.1, 0.15) is 23.9 Å². The minimum atomic E-state index is -0.410. The van der Waals surface area contributed by atoms with Crippen LogP contribution in [0.2, 0.25) is 0 Å². The Morgan fingerprint density at radius 1 is 1.34 bits per heavy atom. The van der Waals surface area contributed by atoms with Crippen LogP contribution in [0.3, 0.4) is 0 Å². The summed E-state index contributed by atoms with van der Waals surface area (Å²) in [5.41, 5.74) is 1.74. The Morgan fingerprint density at radius 2 is 2.24 bits per heavy atom. The SMILES string of the molecule is C[C@@H]1COc2ncc(F)cc2[C@H]2CCCN2c2ccn3ncc(c3n2)NC(=O)N1. The minimum absolute atomic E-state index is 0.102. The second-order valence-electron chi connectivity index (χ2n) is 7.32. The molecule has 0 unspecified atom stereocenters. The summed E-state index contributed by atoms with van der Waals surface area (Å²) >= 11 is 0. The first-order valence-corrected chi connectivity index (χ1v) is 9.55. The molecule has 3 aromatic heterocycles. The molecule has 2 aliphatic heterocycles. The van der Waals surface area contributed by atoms with Crippen LogP contribution in [-0.4, -0.2) is 44.8 Å². The Bertz CT molecular complexity index is 1090. The van der Waals surface area contributed by atoms with Gasteiger partial charge in [-0.2, -0.15) is 5.10 Å². The number of rotatable bonds is 0. The lowest BCUT2D eigenvalue weighted by Gasteiger charge is -2.27. The highest BCUT2D eigenvalue weighted by Crippen LogP contribution is 2.39. The van der Waals surface area contributed by atoms with Crippen molar-refractivity contribution >= 4 is 23.2 Å². The van der Waals surface area contributed by atoms with Gasteiger partial charge in [0.15, 0.2) is 5.65 Å². The molecule has 9 nitrogen and oxygen atoms in total. The number of nitrogens with zero attached hydrogens (tertiary/aromatic N) is 5. The highest BCUT2D eigenvalue weighted by Gasteiger charge is 2.31. The minimum Gasteiger partial charge on any atom is -0.475 e. The van der Waals surface area contributed by atoms with Crippen molar-refractivity contribution in [2.45, 2.75) is 31.8 Å². The number of nitrogens with one attached hydrogen (secondary N) is 2. The highest BCUT2D eigenvalue weighted by atomic mass is 19.1. The van der Waals surface area contributed by atoms with Crippen LogP contribution in [0, 0.1) is 5.82 Å². The van der Waals surface area contributed by atoms with Gasteiger partial charge in [0.05, 0.1) is 24.5 Å². The molecular formula is C19H20FN7O2. The van der Waals surface area contributed by atoms with Gasteiger partial charge in [-0.15, -0.1) is 0 Å². The van der Waals surface area contributed by atoms with E-state index in [1.54, 1.807) is 16.9 Å². The fraction of sp³-hybridized carbons (Fsp3) is 0.368.